The Hall–Kier alpha value is -1.96. The van der Waals surface area contributed by atoms with E-state index in [-0.39, 0.29) is 5.95 Å². The maximum atomic E-state index is 5.60. The molecule has 7 nitrogen and oxygen atoms in total. The molecule has 0 unspecified atom stereocenters. The van der Waals surface area contributed by atoms with Crippen LogP contribution in [0.1, 0.15) is 0 Å². The molecule has 0 saturated carbocycles. The van der Waals surface area contributed by atoms with Crippen LogP contribution in [0.15, 0.2) is 23.2 Å². The quantitative estimate of drug-likeness (QED) is 0.689. The van der Waals surface area contributed by atoms with Gasteiger partial charge in [-0.3, -0.25) is 0 Å². The lowest BCUT2D eigenvalue weighted by molar-refractivity contribution is 0.851. The fourth-order valence-electron chi connectivity index (χ4n) is 1.42. The molecule has 80 valence electrons. The predicted molar refractivity (Wildman–Crippen MR) is 60.9 cm³/mol. The highest BCUT2D eigenvalue weighted by molar-refractivity contribution is 9.10. The van der Waals surface area contributed by atoms with Crippen LogP contribution in [-0.4, -0.2) is 29.7 Å². The van der Waals surface area contributed by atoms with Crippen LogP contribution in [-0.2, 0) is 0 Å². The normalized spacial score (nSPS) is 11.1. The Balaban J connectivity index is 2.33. The number of aromatic amines is 1. The zero-order chi connectivity index (χ0) is 11.1. The fraction of sp³-hybridized carbons (Fsp3) is 0. The highest BCUT2D eigenvalue weighted by Gasteiger charge is 2.10. The number of hydrogen-bond donors (Lipinski definition) is 2. The van der Waals surface area contributed by atoms with Crippen molar-refractivity contribution in [1.82, 2.24) is 29.7 Å². The maximum Gasteiger partial charge on any atom is 0.224 e. The van der Waals surface area contributed by atoms with Crippen LogP contribution in [0.2, 0.25) is 0 Å². The first-order valence-corrected chi connectivity index (χ1v) is 5.20. The van der Waals surface area contributed by atoms with E-state index in [9.17, 15) is 0 Å². The Morgan fingerprint density at radius 3 is 3.00 bits per heavy atom. The van der Waals surface area contributed by atoms with Gasteiger partial charge in [0.05, 0.1) is 17.0 Å². The molecule has 8 heteroatoms. The molecule has 0 spiro atoms. The highest BCUT2D eigenvalue weighted by Crippen LogP contribution is 2.17. The van der Waals surface area contributed by atoms with Crippen LogP contribution < -0.4 is 5.73 Å². The Morgan fingerprint density at radius 2 is 2.25 bits per heavy atom. The van der Waals surface area contributed by atoms with Crippen molar-refractivity contribution in [2.75, 3.05) is 5.73 Å². The third kappa shape index (κ3) is 1.34. The number of rotatable bonds is 1. The summed E-state index contributed by atoms with van der Waals surface area (Å²) in [6, 6.07) is 0. The second kappa shape index (κ2) is 3.27. The van der Waals surface area contributed by atoms with Gasteiger partial charge in [0.15, 0.2) is 11.5 Å². The van der Waals surface area contributed by atoms with Crippen molar-refractivity contribution in [2.24, 2.45) is 0 Å². The van der Waals surface area contributed by atoms with E-state index in [4.69, 9.17) is 5.73 Å². The molecule has 3 heterocycles. The maximum absolute atomic E-state index is 5.60. The number of hydrogen-bond acceptors (Lipinski definition) is 5. The molecule has 0 amide bonds. The van der Waals surface area contributed by atoms with E-state index in [1.807, 2.05) is 0 Å². The van der Waals surface area contributed by atoms with Crippen LogP contribution in [0.4, 0.5) is 5.95 Å². The van der Waals surface area contributed by atoms with Crippen LogP contribution in [0, 0.1) is 0 Å². The minimum Gasteiger partial charge on any atom is -0.368 e. The second-order valence-corrected chi connectivity index (χ2v) is 4.03. The van der Waals surface area contributed by atoms with Gasteiger partial charge in [0.25, 0.3) is 0 Å². The predicted octanol–water partition coefficient (Wildman–Crippen LogP) is 0.883. The van der Waals surface area contributed by atoms with Gasteiger partial charge >= 0.3 is 0 Å². The minimum atomic E-state index is 0.168. The van der Waals surface area contributed by atoms with Gasteiger partial charge in [-0.2, -0.15) is 15.1 Å². The SMILES string of the molecule is Nc1nc(-n2cc(Br)cn2)c2[nH]cnc2n1. The Kier molecular flexibility index (Phi) is 1.90. The van der Waals surface area contributed by atoms with Gasteiger partial charge in [-0.25, -0.2) is 9.67 Å². The van der Waals surface area contributed by atoms with Gasteiger partial charge in [0.1, 0.15) is 5.52 Å². The van der Waals surface area contributed by atoms with Crippen molar-refractivity contribution in [3.8, 4) is 5.82 Å². The molecule has 0 aliphatic carbocycles. The smallest absolute Gasteiger partial charge is 0.224 e. The molecule has 0 atom stereocenters. The van der Waals surface area contributed by atoms with E-state index in [1.165, 1.54) is 0 Å². The summed E-state index contributed by atoms with van der Waals surface area (Å²) in [6.45, 7) is 0. The lowest BCUT2D eigenvalue weighted by Crippen LogP contribution is -2.04. The van der Waals surface area contributed by atoms with Crippen LogP contribution >= 0.6 is 15.9 Å². The average molecular weight is 280 g/mol. The lowest BCUT2D eigenvalue weighted by Gasteiger charge is -2.01. The first-order valence-electron chi connectivity index (χ1n) is 4.41. The third-order valence-corrected chi connectivity index (χ3v) is 2.46. The summed E-state index contributed by atoms with van der Waals surface area (Å²) < 4.78 is 2.46. The fourth-order valence-corrected chi connectivity index (χ4v) is 1.70. The molecule has 0 fully saturated rings. The molecule has 0 bridgehead atoms. The molecule has 0 aliphatic heterocycles. The summed E-state index contributed by atoms with van der Waals surface area (Å²) in [6.07, 6.45) is 4.99. The summed E-state index contributed by atoms with van der Waals surface area (Å²) in [5.74, 6) is 0.743. The van der Waals surface area contributed by atoms with Gasteiger partial charge in [0.2, 0.25) is 5.95 Å². The van der Waals surface area contributed by atoms with Crippen molar-refractivity contribution >= 4 is 33.0 Å². The summed E-state index contributed by atoms with van der Waals surface area (Å²) in [5.41, 5.74) is 6.82. The second-order valence-electron chi connectivity index (χ2n) is 3.11. The summed E-state index contributed by atoms with van der Waals surface area (Å²) in [5, 5.41) is 4.13. The van der Waals surface area contributed by atoms with Crippen molar-refractivity contribution in [1.29, 1.82) is 0 Å². The Labute approximate surface area is 97.9 Å². The first-order chi connectivity index (χ1) is 7.74. The number of imidazole rings is 1. The number of nitrogens with one attached hydrogen (secondary N) is 1. The number of nitrogens with zero attached hydrogens (tertiary/aromatic N) is 5. The van der Waals surface area contributed by atoms with Gasteiger partial charge < -0.3 is 10.7 Å². The molecule has 3 aromatic heterocycles. The number of fused-ring (bicyclic) bond motifs is 1. The molecular formula is C8H6BrN7. The van der Waals surface area contributed by atoms with E-state index < -0.39 is 0 Å². The molecule has 0 radical (unpaired) electrons. The number of nitrogen functional groups attached to an aromatic ring is 1. The largest absolute Gasteiger partial charge is 0.368 e. The summed E-state index contributed by atoms with van der Waals surface area (Å²) in [4.78, 5) is 15.1. The number of anilines is 1. The lowest BCUT2D eigenvalue weighted by atomic mass is 10.5. The zero-order valence-electron chi connectivity index (χ0n) is 7.92. The molecule has 16 heavy (non-hydrogen) atoms. The van der Waals surface area contributed by atoms with Gasteiger partial charge in [-0.15, -0.1) is 0 Å². The Morgan fingerprint density at radius 1 is 1.38 bits per heavy atom. The van der Waals surface area contributed by atoms with Crippen molar-refractivity contribution in [3.05, 3.63) is 23.2 Å². The van der Waals surface area contributed by atoms with Crippen molar-refractivity contribution < 1.29 is 0 Å². The molecule has 0 saturated heterocycles. The van der Waals surface area contributed by atoms with E-state index >= 15 is 0 Å². The summed E-state index contributed by atoms with van der Waals surface area (Å²) >= 11 is 3.32. The molecule has 0 aromatic carbocycles. The molecule has 3 N–H and O–H groups in total. The number of H-pyrrole nitrogens is 1. The van der Waals surface area contributed by atoms with Crippen LogP contribution in [0.25, 0.3) is 17.0 Å². The minimum absolute atomic E-state index is 0.168. The zero-order valence-corrected chi connectivity index (χ0v) is 9.51. The average Bonchev–Trinajstić information content (AvgIpc) is 2.84. The monoisotopic (exact) mass is 279 g/mol. The third-order valence-electron chi connectivity index (χ3n) is 2.05. The van der Waals surface area contributed by atoms with Gasteiger partial charge in [-0.05, 0) is 15.9 Å². The van der Waals surface area contributed by atoms with E-state index in [0.29, 0.717) is 17.0 Å². The van der Waals surface area contributed by atoms with E-state index in [0.717, 1.165) is 4.47 Å². The van der Waals surface area contributed by atoms with E-state index in [2.05, 4.69) is 41.0 Å². The molecule has 3 rings (SSSR count). The topological polar surface area (TPSA) is 98.3 Å². The number of aromatic nitrogens is 6. The van der Waals surface area contributed by atoms with Crippen LogP contribution in [0.5, 0.6) is 0 Å². The van der Waals surface area contributed by atoms with Gasteiger partial charge in [0, 0.05) is 6.20 Å². The Bertz CT molecular complexity index is 655. The highest BCUT2D eigenvalue weighted by atomic mass is 79.9. The molecule has 3 aromatic rings. The number of nitrogens with two attached hydrogens (primary N) is 1. The van der Waals surface area contributed by atoms with E-state index in [1.54, 1.807) is 23.4 Å². The molecular weight excluding hydrogens is 274 g/mol. The van der Waals surface area contributed by atoms with Crippen molar-refractivity contribution in [3.63, 3.8) is 0 Å². The first kappa shape index (κ1) is 9.28. The standard InChI is InChI=1S/C8H6BrN7/c9-4-1-13-16(2-4)7-5-6(12-3-11-5)14-8(10)15-7/h1-3H,(H3,10,11,12,14,15). The number of halogens is 1. The van der Waals surface area contributed by atoms with Gasteiger partial charge in [-0.1, -0.05) is 0 Å². The molecule has 0 aliphatic rings. The summed E-state index contributed by atoms with van der Waals surface area (Å²) in [7, 11) is 0. The van der Waals surface area contributed by atoms with Crippen LogP contribution in [0.3, 0.4) is 0 Å². The van der Waals surface area contributed by atoms with Crippen molar-refractivity contribution in [2.45, 2.75) is 0 Å².